The summed E-state index contributed by atoms with van der Waals surface area (Å²) in [4.78, 5) is 4.23. The van der Waals surface area contributed by atoms with Crippen molar-refractivity contribution in [3.8, 4) is 11.5 Å². The fourth-order valence-electron chi connectivity index (χ4n) is 1.93. The van der Waals surface area contributed by atoms with E-state index < -0.39 is 0 Å². The molecule has 0 aliphatic carbocycles. The Morgan fingerprint density at radius 3 is 3.06 bits per heavy atom. The smallest absolute Gasteiger partial charge is 0.249 e. The van der Waals surface area contributed by atoms with Gasteiger partial charge in [0, 0.05) is 11.9 Å². The third kappa shape index (κ3) is 2.34. The summed E-state index contributed by atoms with van der Waals surface area (Å²) in [6, 6.07) is 5.35. The van der Waals surface area contributed by atoms with Crippen LogP contribution in [0.2, 0.25) is 6.04 Å². The summed E-state index contributed by atoms with van der Waals surface area (Å²) in [5.41, 5.74) is 1.85. The Morgan fingerprint density at radius 2 is 2.33 bits per heavy atom. The van der Waals surface area contributed by atoms with E-state index in [1.807, 2.05) is 19.1 Å². The predicted molar refractivity (Wildman–Crippen MR) is 68.2 cm³/mol. The van der Waals surface area contributed by atoms with E-state index in [9.17, 15) is 0 Å². The minimum Gasteiger partial charge on any atom is -0.419 e. The van der Waals surface area contributed by atoms with Gasteiger partial charge in [0.15, 0.2) is 0 Å². The minimum absolute atomic E-state index is 0.214. The summed E-state index contributed by atoms with van der Waals surface area (Å²) in [5, 5.41) is 11.6. The van der Waals surface area contributed by atoms with Gasteiger partial charge in [-0.1, -0.05) is 6.04 Å². The molecule has 1 atom stereocenters. The zero-order valence-corrected chi connectivity index (χ0v) is 11.2. The predicted octanol–water partition coefficient (Wildman–Crippen LogP) is 1.55. The second kappa shape index (κ2) is 4.99. The molecule has 18 heavy (non-hydrogen) atoms. The third-order valence-electron chi connectivity index (χ3n) is 2.98. The van der Waals surface area contributed by atoms with E-state index >= 15 is 0 Å². The van der Waals surface area contributed by atoms with Gasteiger partial charge in [0.1, 0.15) is 0 Å². The van der Waals surface area contributed by atoms with E-state index in [4.69, 9.17) is 4.42 Å². The molecule has 1 fully saturated rings. The normalized spacial score (nSPS) is 19.9. The number of nitrogens with zero attached hydrogens (tertiary/aromatic N) is 3. The van der Waals surface area contributed by atoms with Crippen molar-refractivity contribution in [3.63, 3.8) is 0 Å². The molecule has 1 saturated heterocycles. The van der Waals surface area contributed by atoms with Gasteiger partial charge >= 0.3 is 0 Å². The van der Waals surface area contributed by atoms with Crippen LogP contribution in [0.3, 0.4) is 0 Å². The summed E-state index contributed by atoms with van der Waals surface area (Å²) >= 11 is 0. The molecule has 0 aromatic carbocycles. The van der Waals surface area contributed by atoms with Gasteiger partial charge in [0.2, 0.25) is 11.8 Å². The van der Waals surface area contributed by atoms with Crippen molar-refractivity contribution in [2.45, 2.75) is 25.4 Å². The molecule has 0 bridgehead atoms. The first-order chi connectivity index (χ1) is 8.83. The maximum absolute atomic E-state index is 5.73. The van der Waals surface area contributed by atoms with Gasteiger partial charge < -0.3 is 9.73 Å². The van der Waals surface area contributed by atoms with Crippen molar-refractivity contribution in [2.24, 2.45) is 0 Å². The Hall–Kier alpha value is -1.53. The summed E-state index contributed by atoms with van der Waals surface area (Å²) in [5.74, 6) is 1.24. The summed E-state index contributed by atoms with van der Waals surface area (Å²) in [6.07, 6.45) is 3.89. The molecule has 6 heteroatoms. The first-order valence-corrected chi connectivity index (χ1v) is 7.45. The van der Waals surface area contributed by atoms with Crippen molar-refractivity contribution in [2.75, 3.05) is 6.17 Å². The van der Waals surface area contributed by atoms with Crippen LogP contribution in [0.15, 0.2) is 22.7 Å². The molecular weight excluding hydrogens is 244 g/mol. The van der Waals surface area contributed by atoms with Crippen LogP contribution in [0.1, 0.15) is 24.0 Å². The zero-order valence-electron chi connectivity index (χ0n) is 10.2. The van der Waals surface area contributed by atoms with Gasteiger partial charge in [0.05, 0.1) is 21.1 Å². The minimum atomic E-state index is 0.214. The SMILES string of the molecule is Cc1ccc(-c2nnc([C@H]3CC[Si]CN3)o2)cn1. The summed E-state index contributed by atoms with van der Waals surface area (Å²) in [6.45, 7) is 1.95. The Labute approximate surface area is 108 Å². The number of rotatable bonds is 2. The molecular formula is C12H14N4OSi. The molecule has 1 aliphatic rings. The van der Waals surface area contributed by atoms with E-state index in [0.717, 1.165) is 33.4 Å². The fraction of sp³-hybridized carbons (Fsp3) is 0.417. The molecule has 0 saturated carbocycles. The van der Waals surface area contributed by atoms with Crippen LogP contribution < -0.4 is 5.32 Å². The van der Waals surface area contributed by atoms with Crippen LogP contribution in [0.25, 0.3) is 11.5 Å². The van der Waals surface area contributed by atoms with Crippen molar-refractivity contribution < 1.29 is 4.42 Å². The number of pyridine rings is 1. The van der Waals surface area contributed by atoms with Crippen LogP contribution in [0, 0.1) is 6.92 Å². The van der Waals surface area contributed by atoms with Crippen molar-refractivity contribution in [3.05, 3.63) is 29.9 Å². The van der Waals surface area contributed by atoms with Gasteiger partial charge in [-0.05, 0) is 31.6 Å². The Morgan fingerprint density at radius 1 is 1.39 bits per heavy atom. The average molecular weight is 258 g/mol. The van der Waals surface area contributed by atoms with Gasteiger partial charge in [0.25, 0.3) is 0 Å². The van der Waals surface area contributed by atoms with Crippen molar-refractivity contribution in [1.29, 1.82) is 0 Å². The first kappa shape index (κ1) is 11.6. The van der Waals surface area contributed by atoms with Crippen LogP contribution in [-0.2, 0) is 0 Å². The van der Waals surface area contributed by atoms with Gasteiger partial charge in [-0.25, -0.2) is 0 Å². The molecule has 92 valence electrons. The van der Waals surface area contributed by atoms with Crippen LogP contribution in [0.5, 0.6) is 0 Å². The molecule has 3 rings (SSSR count). The number of hydrogen-bond acceptors (Lipinski definition) is 5. The topological polar surface area (TPSA) is 63.8 Å². The zero-order chi connectivity index (χ0) is 12.4. The van der Waals surface area contributed by atoms with Crippen molar-refractivity contribution >= 4 is 9.52 Å². The molecule has 3 heterocycles. The molecule has 5 nitrogen and oxygen atoms in total. The average Bonchev–Trinajstić information content (AvgIpc) is 2.90. The highest BCUT2D eigenvalue weighted by Gasteiger charge is 2.21. The van der Waals surface area contributed by atoms with Crippen LogP contribution in [0.4, 0.5) is 0 Å². The van der Waals surface area contributed by atoms with E-state index in [1.165, 1.54) is 6.04 Å². The first-order valence-electron chi connectivity index (χ1n) is 6.03. The van der Waals surface area contributed by atoms with Gasteiger partial charge in [-0.15, -0.1) is 10.2 Å². The molecule has 0 amide bonds. The summed E-state index contributed by atoms with van der Waals surface area (Å²) < 4.78 is 5.73. The van der Waals surface area contributed by atoms with E-state index in [0.29, 0.717) is 11.8 Å². The third-order valence-corrected chi connectivity index (χ3v) is 4.08. The molecule has 2 radical (unpaired) electrons. The lowest BCUT2D eigenvalue weighted by atomic mass is 10.2. The maximum atomic E-state index is 5.73. The highest BCUT2D eigenvalue weighted by atomic mass is 28.2. The summed E-state index contributed by atoms with van der Waals surface area (Å²) in [7, 11) is 1.000. The van der Waals surface area contributed by atoms with Crippen LogP contribution in [-0.4, -0.2) is 30.9 Å². The number of aromatic nitrogens is 3. The maximum Gasteiger partial charge on any atom is 0.249 e. The lowest BCUT2D eigenvalue weighted by molar-refractivity contribution is 0.402. The monoisotopic (exact) mass is 258 g/mol. The fourth-order valence-corrected chi connectivity index (χ4v) is 2.99. The van der Waals surface area contributed by atoms with E-state index in [2.05, 4.69) is 20.5 Å². The number of nitrogens with one attached hydrogen (secondary N) is 1. The lowest BCUT2D eigenvalue weighted by Gasteiger charge is -2.19. The molecule has 1 N–H and O–H groups in total. The van der Waals surface area contributed by atoms with Gasteiger partial charge in [-0.3, -0.25) is 4.98 Å². The second-order valence-corrected chi connectivity index (χ2v) is 5.71. The molecule has 0 unspecified atom stereocenters. The molecule has 0 spiro atoms. The highest BCUT2D eigenvalue weighted by molar-refractivity contribution is 6.35. The lowest BCUT2D eigenvalue weighted by Crippen LogP contribution is -2.31. The standard InChI is InChI=1S/C12H14N4OSi/c1-8-2-3-9(6-13-8)11-15-16-12(17-11)10-4-5-18-7-14-10/h2-3,6,10,14H,4-5,7H2,1H3/t10-/m1/s1. The second-order valence-electron chi connectivity index (χ2n) is 4.36. The quantitative estimate of drug-likeness (QED) is 0.828. The van der Waals surface area contributed by atoms with E-state index in [1.54, 1.807) is 6.20 Å². The Kier molecular flexibility index (Phi) is 3.20. The largest absolute Gasteiger partial charge is 0.419 e. The molecule has 2 aromatic heterocycles. The van der Waals surface area contributed by atoms with E-state index in [-0.39, 0.29) is 6.04 Å². The molecule has 2 aromatic rings. The Bertz CT molecular complexity index is 519. The highest BCUT2D eigenvalue weighted by Crippen LogP contribution is 2.23. The van der Waals surface area contributed by atoms with Crippen LogP contribution >= 0.6 is 0 Å². The number of hydrogen-bond donors (Lipinski definition) is 1. The Balaban J connectivity index is 1.82. The van der Waals surface area contributed by atoms with Gasteiger partial charge in [-0.2, -0.15) is 0 Å². The molecule has 1 aliphatic heterocycles. The number of aryl methyl sites for hydroxylation is 1. The van der Waals surface area contributed by atoms with Crippen molar-refractivity contribution in [1.82, 2.24) is 20.5 Å².